The molecule has 1 aliphatic heterocycles. The maximum atomic E-state index is 5.20. The second-order valence-electron chi connectivity index (χ2n) is 5.82. The van der Waals surface area contributed by atoms with Gasteiger partial charge in [-0.1, -0.05) is 12.1 Å². The third-order valence-corrected chi connectivity index (χ3v) is 3.90. The number of hydrogen-bond acceptors (Lipinski definition) is 3. The summed E-state index contributed by atoms with van der Waals surface area (Å²) in [6.45, 7) is 9.14. The fourth-order valence-corrected chi connectivity index (χ4v) is 2.96. The van der Waals surface area contributed by atoms with Gasteiger partial charge in [0.05, 0.1) is 7.11 Å². The molecule has 0 aromatic heterocycles. The third kappa shape index (κ3) is 3.95. The van der Waals surface area contributed by atoms with Crippen molar-refractivity contribution >= 4 is 0 Å². The van der Waals surface area contributed by atoms with Crippen LogP contribution >= 0.6 is 0 Å². The highest BCUT2D eigenvalue weighted by molar-refractivity contribution is 5.27. The number of piperazine rings is 1. The lowest BCUT2D eigenvalue weighted by molar-refractivity contribution is 0.130. The first-order valence-corrected chi connectivity index (χ1v) is 7.21. The molecule has 1 aromatic carbocycles. The zero-order valence-corrected chi connectivity index (χ0v) is 12.5. The first-order valence-electron chi connectivity index (χ1n) is 7.21. The van der Waals surface area contributed by atoms with Crippen LogP contribution in [0.4, 0.5) is 0 Å². The summed E-state index contributed by atoms with van der Waals surface area (Å²) in [6, 6.07) is 10.2. The predicted molar refractivity (Wildman–Crippen MR) is 79.8 cm³/mol. The molecule has 3 unspecified atom stereocenters. The Morgan fingerprint density at radius 2 is 1.79 bits per heavy atom. The van der Waals surface area contributed by atoms with Gasteiger partial charge in [-0.05, 0) is 44.9 Å². The van der Waals surface area contributed by atoms with Gasteiger partial charge in [-0.15, -0.1) is 0 Å². The topological polar surface area (TPSA) is 24.5 Å². The number of nitrogens with zero attached hydrogens (tertiary/aromatic N) is 1. The van der Waals surface area contributed by atoms with Crippen molar-refractivity contribution in [3.8, 4) is 5.75 Å². The SMILES string of the molecule is COc1ccc(CC(C)N2CC(C)NC(C)C2)cc1. The van der Waals surface area contributed by atoms with Crippen LogP contribution < -0.4 is 10.1 Å². The zero-order chi connectivity index (χ0) is 13.8. The van der Waals surface area contributed by atoms with Crippen LogP contribution in [0.25, 0.3) is 0 Å². The van der Waals surface area contributed by atoms with Crippen LogP contribution in [0, 0.1) is 0 Å². The van der Waals surface area contributed by atoms with E-state index in [1.807, 2.05) is 12.1 Å². The van der Waals surface area contributed by atoms with E-state index in [0.717, 1.165) is 25.3 Å². The average molecular weight is 262 g/mol. The van der Waals surface area contributed by atoms with Crippen molar-refractivity contribution < 1.29 is 4.74 Å². The van der Waals surface area contributed by atoms with E-state index in [9.17, 15) is 0 Å². The summed E-state index contributed by atoms with van der Waals surface area (Å²) in [4.78, 5) is 2.59. The van der Waals surface area contributed by atoms with Gasteiger partial charge in [0.1, 0.15) is 5.75 Å². The number of methoxy groups -OCH3 is 1. The molecule has 3 heteroatoms. The highest BCUT2D eigenvalue weighted by Crippen LogP contribution is 2.16. The van der Waals surface area contributed by atoms with Gasteiger partial charge < -0.3 is 10.1 Å². The van der Waals surface area contributed by atoms with Gasteiger partial charge in [-0.3, -0.25) is 4.90 Å². The molecule has 1 heterocycles. The molecule has 1 fully saturated rings. The van der Waals surface area contributed by atoms with E-state index in [2.05, 4.69) is 43.1 Å². The van der Waals surface area contributed by atoms with Crippen molar-refractivity contribution in [2.45, 2.75) is 45.3 Å². The molecule has 1 aliphatic rings. The number of benzene rings is 1. The molecule has 1 saturated heterocycles. The van der Waals surface area contributed by atoms with E-state index < -0.39 is 0 Å². The number of nitrogens with one attached hydrogen (secondary N) is 1. The van der Waals surface area contributed by atoms with Crippen LogP contribution in [0.15, 0.2) is 24.3 Å². The van der Waals surface area contributed by atoms with Crippen LogP contribution in [0.5, 0.6) is 5.75 Å². The maximum absolute atomic E-state index is 5.20. The largest absolute Gasteiger partial charge is 0.497 e. The van der Waals surface area contributed by atoms with Crippen molar-refractivity contribution in [2.75, 3.05) is 20.2 Å². The van der Waals surface area contributed by atoms with E-state index in [1.54, 1.807) is 7.11 Å². The second kappa shape index (κ2) is 6.40. The molecule has 0 aliphatic carbocycles. The van der Waals surface area contributed by atoms with Crippen molar-refractivity contribution in [1.82, 2.24) is 10.2 Å². The molecule has 1 aromatic rings. The van der Waals surface area contributed by atoms with Crippen molar-refractivity contribution in [3.05, 3.63) is 29.8 Å². The molecule has 3 nitrogen and oxygen atoms in total. The maximum Gasteiger partial charge on any atom is 0.118 e. The summed E-state index contributed by atoms with van der Waals surface area (Å²) < 4.78 is 5.20. The first kappa shape index (κ1) is 14.4. The highest BCUT2D eigenvalue weighted by atomic mass is 16.5. The molecule has 0 radical (unpaired) electrons. The molecule has 1 N–H and O–H groups in total. The lowest BCUT2D eigenvalue weighted by Gasteiger charge is -2.39. The Morgan fingerprint density at radius 1 is 1.21 bits per heavy atom. The van der Waals surface area contributed by atoms with E-state index >= 15 is 0 Å². The summed E-state index contributed by atoms with van der Waals surface area (Å²) in [5, 5.41) is 3.58. The van der Waals surface area contributed by atoms with Gasteiger partial charge in [0.25, 0.3) is 0 Å². The Balaban J connectivity index is 1.93. The van der Waals surface area contributed by atoms with Crippen LogP contribution in [0.1, 0.15) is 26.3 Å². The lowest BCUT2D eigenvalue weighted by atomic mass is 10.0. The molecule has 0 saturated carbocycles. The number of hydrogen-bond donors (Lipinski definition) is 1. The van der Waals surface area contributed by atoms with Gasteiger partial charge >= 0.3 is 0 Å². The van der Waals surface area contributed by atoms with E-state index in [1.165, 1.54) is 5.56 Å². The Hall–Kier alpha value is -1.06. The molecule has 0 amide bonds. The number of rotatable bonds is 4. The number of ether oxygens (including phenoxy) is 1. The van der Waals surface area contributed by atoms with Gasteiger partial charge in [0.15, 0.2) is 0 Å². The van der Waals surface area contributed by atoms with E-state index in [0.29, 0.717) is 18.1 Å². The zero-order valence-electron chi connectivity index (χ0n) is 12.5. The van der Waals surface area contributed by atoms with E-state index in [-0.39, 0.29) is 0 Å². The molecule has 19 heavy (non-hydrogen) atoms. The molecule has 106 valence electrons. The van der Waals surface area contributed by atoms with Gasteiger partial charge in [-0.2, -0.15) is 0 Å². The Bertz CT molecular complexity index is 380. The molecule has 0 bridgehead atoms. The first-order chi connectivity index (χ1) is 9.08. The van der Waals surface area contributed by atoms with Crippen LogP contribution in [-0.2, 0) is 6.42 Å². The summed E-state index contributed by atoms with van der Waals surface area (Å²) in [5.74, 6) is 0.931. The lowest BCUT2D eigenvalue weighted by Crippen LogP contribution is -2.56. The van der Waals surface area contributed by atoms with Crippen LogP contribution in [0.2, 0.25) is 0 Å². The molecular formula is C16H26N2O. The Kier molecular flexibility index (Phi) is 4.83. The quantitative estimate of drug-likeness (QED) is 0.901. The molecule has 3 atom stereocenters. The Labute approximate surface area is 116 Å². The van der Waals surface area contributed by atoms with Crippen molar-refractivity contribution in [2.24, 2.45) is 0 Å². The van der Waals surface area contributed by atoms with Crippen LogP contribution in [0.3, 0.4) is 0 Å². The fourth-order valence-electron chi connectivity index (χ4n) is 2.96. The van der Waals surface area contributed by atoms with Gasteiger partial charge in [-0.25, -0.2) is 0 Å². The normalized spacial score (nSPS) is 26.1. The summed E-state index contributed by atoms with van der Waals surface area (Å²) >= 11 is 0. The average Bonchev–Trinajstić information content (AvgIpc) is 2.38. The molecule has 2 rings (SSSR count). The summed E-state index contributed by atoms with van der Waals surface area (Å²) in [5.41, 5.74) is 1.38. The second-order valence-corrected chi connectivity index (χ2v) is 5.82. The van der Waals surface area contributed by atoms with Crippen molar-refractivity contribution in [1.29, 1.82) is 0 Å². The van der Waals surface area contributed by atoms with Crippen molar-refractivity contribution in [3.63, 3.8) is 0 Å². The van der Waals surface area contributed by atoms with Gasteiger partial charge in [0.2, 0.25) is 0 Å². The Morgan fingerprint density at radius 3 is 2.32 bits per heavy atom. The highest BCUT2D eigenvalue weighted by Gasteiger charge is 2.24. The summed E-state index contributed by atoms with van der Waals surface area (Å²) in [6.07, 6.45) is 1.10. The predicted octanol–water partition coefficient (Wildman–Crippen LogP) is 2.31. The standard InChI is InChI=1S/C16H26N2O/c1-12-10-18(11-13(2)17-12)14(3)9-15-5-7-16(19-4)8-6-15/h5-8,12-14,17H,9-11H2,1-4H3. The van der Waals surface area contributed by atoms with E-state index in [4.69, 9.17) is 4.74 Å². The van der Waals surface area contributed by atoms with Crippen LogP contribution in [-0.4, -0.2) is 43.2 Å². The minimum atomic E-state index is 0.584. The monoisotopic (exact) mass is 262 g/mol. The van der Waals surface area contributed by atoms with Gasteiger partial charge in [0, 0.05) is 31.2 Å². The molecular weight excluding hydrogens is 236 g/mol. The minimum Gasteiger partial charge on any atom is -0.497 e. The molecule has 0 spiro atoms. The summed E-state index contributed by atoms with van der Waals surface area (Å²) in [7, 11) is 1.71. The third-order valence-electron chi connectivity index (χ3n) is 3.90. The smallest absolute Gasteiger partial charge is 0.118 e. The minimum absolute atomic E-state index is 0.584. The fraction of sp³-hybridized carbons (Fsp3) is 0.625.